The van der Waals surface area contributed by atoms with E-state index in [4.69, 9.17) is 0 Å². The molecule has 0 aliphatic carbocycles. The van der Waals surface area contributed by atoms with Crippen molar-refractivity contribution in [3.8, 4) is 0 Å². The summed E-state index contributed by atoms with van der Waals surface area (Å²) >= 11 is 0. The maximum Gasteiger partial charge on any atom is 0.271 e. The first-order valence-electron chi connectivity index (χ1n) is 8.61. The average molecular weight is 368 g/mol. The van der Waals surface area contributed by atoms with Crippen LogP contribution in [-0.2, 0) is 9.59 Å². The fourth-order valence-corrected chi connectivity index (χ4v) is 2.51. The van der Waals surface area contributed by atoms with Crippen LogP contribution in [0.1, 0.15) is 42.6 Å². The third-order valence-corrected chi connectivity index (χ3v) is 3.85. The minimum Gasteiger partial charge on any atom is -0.326 e. The van der Waals surface area contributed by atoms with Gasteiger partial charge in [-0.15, -0.1) is 0 Å². The Morgan fingerprint density at radius 2 is 1.63 bits per heavy atom. The van der Waals surface area contributed by atoms with Crippen LogP contribution in [-0.4, -0.2) is 22.7 Å². The van der Waals surface area contributed by atoms with E-state index in [-0.39, 0.29) is 24.7 Å². The Hall–Kier alpha value is -3.22. The molecule has 2 aromatic rings. The molecule has 0 saturated heterocycles. The lowest BCUT2D eigenvalue weighted by atomic mass is 9.85. The third kappa shape index (κ3) is 6.89. The van der Waals surface area contributed by atoms with Crippen molar-refractivity contribution in [1.82, 2.24) is 15.8 Å². The normalized spacial score (nSPS) is 10.8. The molecule has 3 amide bonds. The van der Waals surface area contributed by atoms with Crippen molar-refractivity contribution < 1.29 is 14.4 Å². The predicted molar refractivity (Wildman–Crippen MR) is 103 cm³/mol. The molecule has 7 heteroatoms. The molecule has 2 rings (SSSR count). The van der Waals surface area contributed by atoms with Crippen LogP contribution in [0.25, 0.3) is 0 Å². The average Bonchev–Trinajstić information content (AvgIpc) is 2.61. The van der Waals surface area contributed by atoms with Crippen LogP contribution in [0.2, 0.25) is 0 Å². The van der Waals surface area contributed by atoms with E-state index in [2.05, 4.69) is 21.2 Å². The molecule has 0 aliphatic rings. The van der Waals surface area contributed by atoms with Crippen molar-refractivity contribution in [2.75, 3.05) is 5.32 Å². The molecule has 0 atom stereocenters. The van der Waals surface area contributed by atoms with Gasteiger partial charge in [0.25, 0.3) is 5.91 Å². The summed E-state index contributed by atoms with van der Waals surface area (Å²) in [7, 11) is 0. The van der Waals surface area contributed by atoms with Crippen LogP contribution in [0.4, 0.5) is 5.69 Å². The Morgan fingerprint density at radius 1 is 0.963 bits per heavy atom. The predicted octanol–water partition coefficient (Wildman–Crippen LogP) is 2.60. The zero-order valence-electron chi connectivity index (χ0n) is 15.7. The van der Waals surface area contributed by atoms with E-state index in [1.165, 1.54) is 6.20 Å². The van der Waals surface area contributed by atoms with Crippen LogP contribution in [0.5, 0.6) is 0 Å². The number of nitrogens with one attached hydrogen (secondary N) is 3. The lowest BCUT2D eigenvalue weighted by Gasteiger charge is -2.23. The van der Waals surface area contributed by atoms with Gasteiger partial charge in [-0.2, -0.15) is 0 Å². The number of rotatable bonds is 6. The van der Waals surface area contributed by atoms with Gasteiger partial charge in [-0.1, -0.05) is 31.5 Å². The fourth-order valence-electron chi connectivity index (χ4n) is 2.51. The summed E-state index contributed by atoms with van der Waals surface area (Å²) in [5.41, 5.74) is 6.31. The smallest absolute Gasteiger partial charge is 0.271 e. The number of carbonyl (C=O) groups is 3. The molecule has 0 fully saturated rings. The summed E-state index contributed by atoms with van der Waals surface area (Å²) in [5, 5.41) is 2.82. The molecule has 142 valence electrons. The lowest BCUT2D eigenvalue weighted by molar-refractivity contribution is -0.124. The SMILES string of the molecule is Cc1ccc(NC(=O)CC(C)(C)CC(=O)NNC(=O)c2cccnc2)cc1. The van der Waals surface area contributed by atoms with E-state index < -0.39 is 11.3 Å². The number of anilines is 1. The van der Waals surface area contributed by atoms with Gasteiger partial charge in [0.15, 0.2) is 0 Å². The molecule has 27 heavy (non-hydrogen) atoms. The molecule has 7 nitrogen and oxygen atoms in total. The maximum atomic E-state index is 12.2. The molecule has 0 spiro atoms. The van der Waals surface area contributed by atoms with Crippen molar-refractivity contribution >= 4 is 23.4 Å². The fraction of sp³-hybridized carbons (Fsp3) is 0.300. The largest absolute Gasteiger partial charge is 0.326 e. The van der Waals surface area contributed by atoms with Gasteiger partial charge in [0.2, 0.25) is 11.8 Å². The number of hydrogen-bond donors (Lipinski definition) is 3. The van der Waals surface area contributed by atoms with Crippen LogP contribution in [0.3, 0.4) is 0 Å². The molecule has 0 aliphatic heterocycles. The highest BCUT2D eigenvalue weighted by Gasteiger charge is 2.25. The monoisotopic (exact) mass is 368 g/mol. The number of carbonyl (C=O) groups excluding carboxylic acids is 3. The summed E-state index contributed by atoms with van der Waals surface area (Å²) < 4.78 is 0. The van der Waals surface area contributed by atoms with E-state index in [0.29, 0.717) is 5.56 Å². The first-order chi connectivity index (χ1) is 12.7. The second-order valence-electron chi connectivity index (χ2n) is 7.18. The molecule has 1 heterocycles. The van der Waals surface area contributed by atoms with Crippen molar-refractivity contribution in [2.24, 2.45) is 5.41 Å². The summed E-state index contributed by atoms with van der Waals surface area (Å²) in [4.78, 5) is 40.1. The lowest BCUT2D eigenvalue weighted by Crippen LogP contribution is -2.43. The maximum absolute atomic E-state index is 12.2. The summed E-state index contributed by atoms with van der Waals surface area (Å²) in [6.45, 7) is 5.62. The quantitative estimate of drug-likeness (QED) is 0.682. The molecule has 3 N–H and O–H groups in total. The topological polar surface area (TPSA) is 100 Å². The molecular weight excluding hydrogens is 344 g/mol. The number of hydrazine groups is 1. The van der Waals surface area contributed by atoms with Gasteiger partial charge in [0.05, 0.1) is 5.56 Å². The molecule has 1 aromatic heterocycles. The zero-order valence-corrected chi connectivity index (χ0v) is 15.7. The van der Waals surface area contributed by atoms with Crippen LogP contribution >= 0.6 is 0 Å². The van der Waals surface area contributed by atoms with E-state index >= 15 is 0 Å². The van der Waals surface area contributed by atoms with E-state index in [1.54, 1.807) is 18.3 Å². The van der Waals surface area contributed by atoms with Crippen molar-refractivity contribution in [2.45, 2.75) is 33.6 Å². The van der Waals surface area contributed by atoms with E-state index in [9.17, 15) is 14.4 Å². The summed E-state index contributed by atoms with van der Waals surface area (Å²) in [5.74, 6) is -0.997. The van der Waals surface area contributed by atoms with Gasteiger partial charge < -0.3 is 5.32 Å². The highest BCUT2D eigenvalue weighted by molar-refractivity contribution is 5.95. The molecule has 0 unspecified atom stereocenters. The molecule has 0 saturated carbocycles. The van der Waals surface area contributed by atoms with Gasteiger partial charge in [-0.25, -0.2) is 0 Å². The number of hydrogen-bond acceptors (Lipinski definition) is 4. The molecule has 0 bridgehead atoms. The highest BCUT2D eigenvalue weighted by Crippen LogP contribution is 2.25. The van der Waals surface area contributed by atoms with Crippen molar-refractivity contribution in [1.29, 1.82) is 0 Å². The van der Waals surface area contributed by atoms with Crippen molar-refractivity contribution in [3.05, 3.63) is 59.9 Å². The molecule has 1 aromatic carbocycles. The first kappa shape index (κ1) is 20.1. The number of nitrogens with zero attached hydrogens (tertiary/aromatic N) is 1. The Kier molecular flexibility index (Phi) is 6.65. The summed E-state index contributed by atoms with van der Waals surface area (Å²) in [6.07, 6.45) is 3.22. The minimum absolute atomic E-state index is 0.0850. The van der Waals surface area contributed by atoms with E-state index in [0.717, 1.165) is 11.3 Å². The van der Waals surface area contributed by atoms with Crippen LogP contribution < -0.4 is 16.2 Å². The second kappa shape index (κ2) is 8.93. The zero-order chi connectivity index (χ0) is 19.9. The number of amides is 3. The second-order valence-corrected chi connectivity index (χ2v) is 7.18. The Balaban J connectivity index is 1.80. The van der Waals surface area contributed by atoms with Gasteiger partial charge in [-0.3, -0.25) is 30.2 Å². The Morgan fingerprint density at radius 3 is 2.26 bits per heavy atom. The third-order valence-electron chi connectivity index (χ3n) is 3.85. The Bertz CT molecular complexity index is 802. The van der Waals surface area contributed by atoms with Crippen LogP contribution in [0, 0.1) is 12.3 Å². The summed E-state index contributed by atoms with van der Waals surface area (Å²) in [6, 6.07) is 10.7. The van der Waals surface area contributed by atoms with Gasteiger partial charge in [-0.05, 0) is 36.6 Å². The minimum atomic E-state index is -0.572. The standard InChI is InChI=1S/C20H24N4O3/c1-14-6-8-16(9-7-14)22-17(25)11-20(2,3)12-18(26)23-24-19(27)15-5-4-10-21-13-15/h4-10,13H,11-12H2,1-3H3,(H,22,25)(H,23,26)(H,24,27). The molecular formula is C20H24N4O3. The number of benzene rings is 1. The number of pyridine rings is 1. The van der Waals surface area contributed by atoms with Gasteiger partial charge in [0, 0.05) is 30.9 Å². The van der Waals surface area contributed by atoms with Crippen molar-refractivity contribution in [3.63, 3.8) is 0 Å². The number of aromatic nitrogens is 1. The van der Waals surface area contributed by atoms with Crippen LogP contribution in [0.15, 0.2) is 48.8 Å². The highest BCUT2D eigenvalue weighted by atomic mass is 16.2. The number of aryl methyl sites for hydroxylation is 1. The first-order valence-corrected chi connectivity index (χ1v) is 8.61. The molecule has 0 radical (unpaired) electrons. The Labute approximate surface area is 158 Å². The van der Waals surface area contributed by atoms with Gasteiger partial charge in [0.1, 0.15) is 0 Å². The van der Waals surface area contributed by atoms with Gasteiger partial charge >= 0.3 is 0 Å². The van der Waals surface area contributed by atoms with E-state index in [1.807, 2.05) is 45.0 Å².